The fourth-order valence-electron chi connectivity index (χ4n) is 11.2. The molecule has 11 heteroatoms. The van der Waals surface area contributed by atoms with Crippen LogP contribution in [0, 0.1) is 17.8 Å². The van der Waals surface area contributed by atoms with Crippen molar-refractivity contribution in [3.8, 4) is 11.5 Å². The molecule has 376 valence electrons. The van der Waals surface area contributed by atoms with E-state index in [0.717, 1.165) is 72.4 Å². The number of aliphatic hydroxyl groups excluding tert-OH is 2. The second-order valence-electron chi connectivity index (χ2n) is 19.5. The number of allylic oxidation sites excluding steroid dienone is 1. The predicted octanol–water partition coefficient (Wildman–Crippen LogP) is 12.5. The lowest BCUT2D eigenvalue weighted by molar-refractivity contribution is -0.252. The molecule has 6 atom stereocenters. The molecule has 0 saturated heterocycles. The van der Waals surface area contributed by atoms with Crippen molar-refractivity contribution in [2.75, 3.05) is 33.4 Å². The molecule has 0 aromatic heterocycles. The molecule has 7 rings (SSSR count). The second-order valence-corrected chi connectivity index (χ2v) is 19.5. The number of carbonyl (C=O) groups excluding carboxylic acids is 2. The molecule has 3 N–H and O–H groups in total. The van der Waals surface area contributed by atoms with Crippen molar-refractivity contribution in [2.45, 2.75) is 140 Å². The van der Waals surface area contributed by atoms with Gasteiger partial charge in [-0.05, 0) is 96.2 Å². The first-order chi connectivity index (χ1) is 34.3. The first-order valence-electron chi connectivity index (χ1n) is 26.3. The van der Waals surface area contributed by atoms with E-state index >= 15 is 0 Å². The van der Waals surface area contributed by atoms with Crippen LogP contribution < -0.4 is 14.8 Å². The molecular formula is C59H77N3O8. The molecule has 0 unspecified atom stereocenters. The zero-order valence-electron chi connectivity index (χ0n) is 41.7. The third-order valence-electron chi connectivity index (χ3n) is 14.7. The summed E-state index contributed by atoms with van der Waals surface area (Å²) in [7, 11) is 1.82. The summed E-state index contributed by atoms with van der Waals surface area (Å²) in [5.41, 5.74) is 4.03. The number of carbonyl (C=O) groups is 2. The summed E-state index contributed by atoms with van der Waals surface area (Å²) in [6.45, 7) is 7.42. The van der Waals surface area contributed by atoms with Crippen molar-refractivity contribution >= 4 is 28.5 Å². The Balaban J connectivity index is 1.26. The van der Waals surface area contributed by atoms with Gasteiger partial charge >= 0.3 is 6.09 Å². The van der Waals surface area contributed by atoms with Gasteiger partial charge in [-0.3, -0.25) is 4.79 Å². The van der Waals surface area contributed by atoms with Crippen molar-refractivity contribution in [1.29, 1.82) is 0 Å². The first kappa shape index (κ1) is 52.3. The van der Waals surface area contributed by atoms with Gasteiger partial charge in [0.15, 0.2) is 0 Å². The Hall–Kier alpha value is -5.49. The minimum Gasteiger partial charge on any atom is -0.459 e. The Morgan fingerprint density at radius 3 is 2.26 bits per heavy atom. The lowest BCUT2D eigenvalue weighted by atomic mass is 9.55. The summed E-state index contributed by atoms with van der Waals surface area (Å²) in [5, 5.41) is 29.9. The highest BCUT2D eigenvalue weighted by molar-refractivity contribution is 6.04. The van der Waals surface area contributed by atoms with Crippen LogP contribution in [0.5, 0.6) is 11.5 Å². The molecular weight excluding hydrogens is 879 g/mol. The topological polar surface area (TPSA) is 139 Å². The maximum absolute atomic E-state index is 15.0. The maximum Gasteiger partial charge on any atom is 0.412 e. The van der Waals surface area contributed by atoms with Crippen LogP contribution in [0.1, 0.15) is 143 Å². The van der Waals surface area contributed by atoms with E-state index in [1.165, 1.54) is 44.9 Å². The molecule has 2 amide bonds. The average Bonchev–Trinajstić information content (AvgIpc) is 3.38. The molecule has 1 fully saturated rings. The zero-order valence-corrected chi connectivity index (χ0v) is 41.7. The van der Waals surface area contributed by atoms with E-state index in [4.69, 9.17) is 24.2 Å². The summed E-state index contributed by atoms with van der Waals surface area (Å²) < 4.78 is 20.5. The number of benzene rings is 4. The van der Waals surface area contributed by atoms with Crippen LogP contribution in [-0.2, 0) is 16.2 Å². The number of ether oxygens (including phenoxy) is 3. The van der Waals surface area contributed by atoms with E-state index in [1.54, 1.807) is 17.0 Å². The lowest BCUT2D eigenvalue weighted by Crippen LogP contribution is -2.69. The number of nitrogens with zero attached hydrogens (tertiary/aromatic N) is 2. The van der Waals surface area contributed by atoms with Crippen molar-refractivity contribution in [1.82, 2.24) is 10.2 Å². The SMILES string of the molecule is C=CCO[C@@]12Oc3ccc(OC(=O)NCCCCCCCCCCCC)cc3[C@H]3[C@H](CCCCO)[C@@H](CCCCO)C=C(C(=NOCc4ccccc4)C[C@@H]1N(C)C(=O)c1ccc4ccccc4c1)[C@H]32. The molecule has 1 heterocycles. The van der Waals surface area contributed by atoms with Gasteiger partial charge in [0.1, 0.15) is 24.1 Å². The van der Waals surface area contributed by atoms with Crippen molar-refractivity contribution < 1.29 is 38.9 Å². The Bertz CT molecular complexity index is 2370. The van der Waals surface area contributed by atoms with Crippen molar-refractivity contribution in [3.05, 3.63) is 132 Å². The Morgan fingerprint density at radius 1 is 0.829 bits per heavy atom. The van der Waals surface area contributed by atoms with Gasteiger partial charge in [-0.1, -0.05) is 156 Å². The number of aliphatic hydroxyl groups is 2. The molecule has 0 bridgehead atoms. The zero-order chi connectivity index (χ0) is 49.1. The molecule has 1 aliphatic heterocycles. The van der Waals surface area contributed by atoms with Crippen LogP contribution in [-0.4, -0.2) is 78.1 Å². The summed E-state index contributed by atoms with van der Waals surface area (Å²) in [6, 6.07) is 28.6. The summed E-state index contributed by atoms with van der Waals surface area (Å²) >= 11 is 0. The highest BCUT2D eigenvalue weighted by atomic mass is 16.7. The number of likely N-dealkylation sites (N-methyl/N-ethyl adjacent to an activating group) is 1. The van der Waals surface area contributed by atoms with E-state index in [9.17, 15) is 19.8 Å². The van der Waals surface area contributed by atoms with Gasteiger partial charge in [-0.25, -0.2) is 4.79 Å². The number of hydrogen-bond acceptors (Lipinski definition) is 9. The molecule has 3 aliphatic rings. The van der Waals surface area contributed by atoms with E-state index in [0.29, 0.717) is 42.2 Å². The molecule has 0 spiro atoms. The number of rotatable bonds is 28. The monoisotopic (exact) mass is 956 g/mol. The normalized spacial score (nSPS) is 21.8. The van der Waals surface area contributed by atoms with E-state index in [1.807, 2.05) is 92.0 Å². The van der Waals surface area contributed by atoms with Gasteiger partial charge in [0.2, 0.25) is 5.79 Å². The van der Waals surface area contributed by atoms with E-state index in [2.05, 4.69) is 24.9 Å². The number of nitrogens with one attached hydrogen (secondary N) is 1. The van der Waals surface area contributed by atoms with Crippen LogP contribution in [0.25, 0.3) is 10.8 Å². The van der Waals surface area contributed by atoms with Crippen LogP contribution in [0.4, 0.5) is 4.79 Å². The molecule has 4 aromatic rings. The van der Waals surface area contributed by atoms with Crippen LogP contribution in [0.15, 0.2) is 120 Å². The van der Waals surface area contributed by atoms with Crippen LogP contribution in [0.2, 0.25) is 0 Å². The summed E-state index contributed by atoms with van der Waals surface area (Å²) in [5.74, 6) is -1.33. The predicted molar refractivity (Wildman–Crippen MR) is 278 cm³/mol. The quantitative estimate of drug-likeness (QED) is 0.0291. The van der Waals surface area contributed by atoms with Crippen molar-refractivity contribution in [2.24, 2.45) is 22.9 Å². The van der Waals surface area contributed by atoms with E-state index < -0.39 is 23.8 Å². The first-order valence-corrected chi connectivity index (χ1v) is 26.3. The summed E-state index contributed by atoms with van der Waals surface area (Å²) in [4.78, 5) is 36.4. The minimum atomic E-state index is -1.42. The molecule has 4 aromatic carbocycles. The van der Waals surface area contributed by atoms with Crippen molar-refractivity contribution in [3.63, 3.8) is 0 Å². The third kappa shape index (κ3) is 13.1. The molecule has 11 nitrogen and oxygen atoms in total. The largest absolute Gasteiger partial charge is 0.459 e. The van der Waals surface area contributed by atoms with Gasteiger partial charge < -0.3 is 39.5 Å². The Kier molecular flexibility index (Phi) is 19.9. The fraction of sp³-hybridized carbons (Fsp3) is 0.508. The average molecular weight is 956 g/mol. The van der Waals surface area contributed by atoms with Gasteiger partial charge in [-0.15, -0.1) is 6.58 Å². The number of fused-ring (bicyclic) bond motifs is 3. The fourth-order valence-corrected chi connectivity index (χ4v) is 11.2. The Labute approximate surface area is 416 Å². The Morgan fingerprint density at radius 2 is 1.53 bits per heavy atom. The third-order valence-corrected chi connectivity index (χ3v) is 14.7. The highest BCUT2D eigenvalue weighted by Gasteiger charge is 2.65. The lowest BCUT2D eigenvalue weighted by Gasteiger charge is -2.59. The number of unbranched alkanes of at least 4 members (excludes halogenated alkanes) is 11. The molecule has 0 radical (unpaired) electrons. The molecule has 70 heavy (non-hydrogen) atoms. The minimum absolute atomic E-state index is 0.0144. The molecule has 2 aliphatic carbocycles. The number of hydrogen-bond donors (Lipinski definition) is 3. The number of amides is 2. The van der Waals surface area contributed by atoms with Gasteiger partial charge in [0.25, 0.3) is 5.91 Å². The van der Waals surface area contributed by atoms with Gasteiger partial charge in [-0.2, -0.15) is 0 Å². The molecule has 1 saturated carbocycles. The maximum atomic E-state index is 15.0. The van der Waals surface area contributed by atoms with Crippen LogP contribution >= 0.6 is 0 Å². The standard InChI is InChI=1S/C59H77N3O8/c1-4-6-7-8-9-10-11-12-13-21-34-60-58(66)69-48-32-33-53-51(40-48)55-49(29-20-23-36-64)46(28-19-22-35-63)39-50-52(61-68-42-43-24-15-14-16-25-43)41-54(59(70-53,56(50)55)67-37-5-2)62(3)57(65)47-31-30-44-26-17-18-27-45(44)38-47/h5,14-18,24-27,30-33,38-40,46,49,54-56,63-64H,2,4,6-13,19-23,28-29,34-37,41-42H2,1,3H3,(H,60,66)/t46-,49+,54-,55+,56+,59+/m0/s1. The number of oxime groups is 1. The van der Waals surface area contributed by atoms with Crippen LogP contribution in [0.3, 0.4) is 0 Å². The highest BCUT2D eigenvalue weighted by Crippen LogP contribution is 2.62. The van der Waals surface area contributed by atoms with Gasteiger partial charge in [0, 0.05) is 50.3 Å². The summed E-state index contributed by atoms with van der Waals surface area (Å²) in [6.07, 6.45) is 20.4. The van der Waals surface area contributed by atoms with Gasteiger partial charge in [0.05, 0.1) is 18.2 Å². The van der Waals surface area contributed by atoms with E-state index in [-0.39, 0.29) is 56.5 Å². The second kappa shape index (κ2) is 26.6. The smallest absolute Gasteiger partial charge is 0.412 e.